The molecular weight excluding hydrogens is 428 g/mol. The third-order valence-electron chi connectivity index (χ3n) is 5.62. The molecule has 9 nitrogen and oxygen atoms in total. The van der Waals surface area contributed by atoms with E-state index in [1.54, 1.807) is 35.9 Å². The van der Waals surface area contributed by atoms with Crippen LogP contribution in [0.3, 0.4) is 0 Å². The van der Waals surface area contributed by atoms with Gasteiger partial charge in [0.25, 0.3) is 5.56 Å². The van der Waals surface area contributed by atoms with Gasteiger partial charge in [-0.15, -0.1) is 0 Å². The number of benzene rings is 1. The molecule has 0 spiro atoms. The molecule has 9 heteroatoms. The molecule has 33 heavy (non-hydrogen) atoms. The van der Waals surface area contributed by atoms with Crippen LogP contribution in [0.5, 0.6) is 17.2 Å². The lowest BCUT2D eigenvalue weighted by atomic mass is 9.82. The van der Waals surface area contributed by atoms with Gasteiger partial charge in [-0.3, -0.25) is 4.79 Å². The molecule has 0 aliphatic carbocycles. The Hall–Kier alpha value is -3.46. The van der Waals surface area contributed by atoms with Crippen LogP contribution >= 0.6 is 0 Å². The van der Waals surface area contributed by atoms with E-state index < -0.39 is 11.9 Å². The zero-order valence-corrected chi connectivity index (χ0v) is 19.6. The van der Waals surface area contributed by atoms with Gasteiger partial charge < -0.3 is 34.0 Å². The summed E-state index contributed by atoms with van der Waals surface area (Å²) in [6.45, 7) is 2.73. The lowest BCUT2D eigenvalue weighted by Gasteiger charge is -2.30. The lowest BCUT2D eigenvalue weighted by molar-refractivity contribution is -0.136. The number of rotatable bonds is 9. The average Bonchev–Trinajstić information content (AvgIpc) is 2.82. The van der Waals surface area contributed by atoms with Crippen LogP contribution in [0.4, 0.5) is 0 Å². The highest BCUT2D eigenvalue weighted by Gasteiger charge is 2.40. The molecule has 1 atom stereocenters. The summed E-state index contributed by atoms with van der Waals surface area (Å²) in [6, 6.07) is 7.05. The van der Waals surface area contributed by atoms with Gasteiger partial charge >= 0.3 is 5.97 Å². The molecular formula is C24H30N2O7. The molecule has 0 amide bonds. The van der Waals surface area contributed by atoms with Crippen LogP contribution < -0.4 is 25.5 Å². The summed E-state index contributed by atoms with van der Waals surface area (Å²) in [7, 11) is 5.83. The summed E-state index contributed by atoms with van der Waals surface area (Å²) < 4.78 is 28.8. The number of carbonyl (C=O) groups is 1. The van der Waals surface area contributed by atoms with Crippen molar-refractivity contribution in [3.63, 3.8) is 0 Å². The number of methoxy groups -OCH3 is 4. The van der Waals surface area contributed by atoms with Crippen LogP contribution in [0.25, 0.3) is 0 Å². The molecule has 1 aliphatic rings. The van der Waals surface area contributed by atoms with Gasteiger partial charge in [-0.05, 0) is 12.5 Å². The van der Waals surface area contributed by atoms with Crippen molar-refractivity contribution >= 4 is 5.97 Å². The maximum absolute atomic E-state index is 13.9. The topological polar surface area (TPSA) is 111 Å². The normalized spacial score (nSPS) is 15.0. The van der Waals surface area contributed by atoms with Crippen molar-refractivity contribution in [2.75, 3.05) is 35.0 Å². The van der Waals surface area contributed by atoms with E-state index in [1.165, 1.54) is 21.3 Å². The van der Waals surface area contributed by atoms with Crippen LogP contribution in [-0.4, -0.2) is 45.6 Å². The highest BCUT2D eigenvalue weighted by molar-refractivity contribution is 5.93. The van der Waals surface area contributed by atoms with E-state index >= 15 is 0 Å². The smallest absolute Gasteiger partial charge is 0.340 e. The molecule has 178 valence electrons. The van der Waals surface area contributed by atoms with E-state index in [9.17, 15) is 9.59 Å². The standard InChI is InChI=1S/C24H30N2O7/c1-6-8-14-13-17-19(23(27)26(14)11-12-29-2)18(20(22(25)33-17)24(28)32-5)15-9-7-10-16(30-3)21(15)31-4/h7,9-10,13,18H,6,8,11-12,25H2,1-5H3. The van der Waals surface area contributed by atoms with Gasteiger partial charge in [0.05, 0.1) is 39.4 Å². The predicted octanol–water partition coefficient (Wildman–Crippen LogP) is 2.33. The fraction of sp³-hybridized carbons (Fsp3) is 0.417. The summed E-state index contributed by atoms with van der Waals surface area (Å²) in [6.07, 6.45) is 1.49. The molecule has 2 heterocycles. The number of nitrogens with two attached hydrogens (primary N) is 1. The number of hydrogen-bond acceptors (Lipinski definition) is 8. The molecule has 1 aromatic heterocycles. The Bertz CT molecular complexity index is 1120. The van der Waals surface area contributed by atoms with Gasteiger partial charge in [-0.2, -0.15) is 0 Å². The van der Waals surface area contributed by atoms with Crippen molar-refractivity contribution in [3.05, 3.63) is 62.9 Å². The Labute approximate surface area is 192 Å². The second-order valence-electron chi connectivity index (χ2n) is 7.50. The first-order valence-electron chi connectivity index (χ1n) is 10.7. The number of ether oxygens (including phenoxy) is 5. The zero-order chi connectivity index (χ0) is 24.1. The fourth-order valence-electron chi connectivity index (χ4n) is 4.17. The van der Waals surface area contributed by atoms with E-state index in [1.807, 2.05) is 6.92 Å². The van der Waals surface area contributed by atoms with Crippen molar-refractivity contribution in [2.45, 2.75) is 32.2 Å². The van der Waals surface area contributed by atoms with Gasteiger partial charge in [0.15, 0.2) is 11.5 Å². The molecule has 0 bridgehead atoms. The van der Waals surface area contributed by atoms with Crippen molar-refractivity contribution in [1.82, 2.24) is 4.57 Å². The fourth-order valence-corrected chi connectivity index (χ4v) is 4.17. The molecule has 1 unspecified atom stereocenters. The minimum absolute atomic E-state index is 0.0233. The van der Waals surface area contributed by atoms with Crippen molar-refractivity contribution in [1.29, 1.82) is 0 Å². The van der Waals surface area contributed by atoms with Crippen LogP contribution in [0.1, 0.15) is 36.1 Å². The molecule has 1 aliphatic heterocycles. The van der Waals surface area contributed by atoms with Gasteiger partial charge in [-0.1, -0.05) is 25.5 Å². The Morgan fingerprint density at radius 1 is 1.18 bits per heavy atom. The number of nitrogens with zero attached hydrogens (tertiary/aromatic N) is 1. The summed E-state index contributed by atoms with van der Waals surface area (Å²) in [5.74, 6) is -0.574. The first-order valence-corrected chi connectivity index (χ1v) is 10.7. The molecule has 0 radical (unpaired) electrons. The number of pyridine rings is 1. The Morgan fingerprint density at radius 3 is 2.55 bits per heavy atom. The minimum atomic E-state index is -0.886. The van der Waals surface area contributed by atoms with E-state index in [4.69, 9.17) is 29.4 Å². The van der Waals surface area contributed by atoms with Gasteiger partial charge in [0, 0.05) is 31.0 Å². The van der Waals surface area contributed by atoms with Gasteiger partial charge in [0.1, 0.15) is 11.3 Å². The number of para-hydroxylation sites is 1. The van der Waals surface area contributed by atoms with Gasteiger partial charge in [0.2, 0.25) is 5.88 Å². The number of hydrogen-bond donors (Lipinski definition) is 1. The van der Waals surface area contributed by atoms with Crippen LogP contribution in [-0.2, 0) is 27.2 Å². The van der Waals surface area contributed by atoms with Crippen LogP contribution in [0, 0.1) is 0 Å². The lowest BCUT2D eigenvalue weighted by Crippen LogP contribution is -2.36. The maximum atomic E-state index is 13.9. The molecule has 0 saturated heterocycles. The van der Waals surface area contributed by atoms with Crippen LogP contribution in [0.15, 0.2) is 40.5 Å². The SMILES string of the molecule is CCCc1cc2c(c(=O)n1CCOC)C(c1cccc(OC)c1OC)C(C(=O)OC)=C(N)O2. The molecule has 2 N–H and O–H groups in total. The Balaban J connectivity index is 2.38. The van der Waals surface area contributed by atoms with Gasteiger partial charge in [-0.25, -0.2) is 4.79 Å². The highest BCUT2D eigenvalue weighted by Crippen LogP contribution is 2.46. The molecule has 3 rings (SSSR count). The molecule has 1 aromatic carbocycles. The largest absolute Gasteiger partial charge is 0.493 e. The first kappa shape index (κ1) is 24.2. The minimum Gasteiger partial charge on any atom is -0.493 e. The van der Waals surface area contributed by atoms with Crippen molar-refractivity contribution in [3.8, 4) is 17.2 Å². The van der Waals surface area contributed by atoms with E-state index in [2.05, 4.69) is 0 Å². The zero-order valence-electron chi connectivity index (χ0n) is 19.6. The summed E-state index contributed by atoms with van der Waals surface area (Å²) in [5, 5.41) is 0. The third kappa shape index (κ3) is 4.41. The number of aromatic nitrogens is 1. The van der Waals surface area contributed by atoms with E-state index in [0.29, 0.717) is 42.4 Å². The number of fused-ring (bicyclic) bond motifs is 1. The second-order valence-corrected chi connectivity index (χ2v) is 7.50. The molecule has 0 saturated carbocycles. The first-order chi connectivity index (χ1) is 15.9. The second kappa shape index (κ2) is 10.4. The predicted molar refractivity (Wildman–Crippen MR) is 122 cm³/mol. The Kier molecular flexibility index (Phi) is 7.65. The molecule has 2 aromatic rings. The Morgan fingerprint density at radius 2 is 1.94 bits per heavy atom. The maximum Gasteiger partial charge on any atom is 0.340 e. The van der Waals surface area contributed by atoms with Crippen molar-refractivity contribution in [2.24, 2.45) is 5.73 Å². The monoisotopic (exact) mass is 458 g/mol. The number of aryl methyl sites for hydroxylation is 1. The summed E-state index contributed by atoms with van der Waals surface area (Å²) in [5.41, 5.74) is 7.53. The summed E-state index contributed by atoms with van der Waals surface area (Å²) in [4.78, 5) is 26.7. The molecule has 0 fully saturated rings. The van der Waals surface area contributed by atoms with Crippen molar-refractivity contribution < 1.29 is 28.5 Å². The summed E-state index contributed by atoms with van der Waals surface area (Å²) >= 11 is 0. The quantitative estimate of drug-likeness (QED) is 0.570. The number of carbonyl (C=O) groups excluding carboxylic acids is 1. The average molecular weight is 459 g/mol. The van der Waals surface area contributed by atoms with E-state index in [0.717, 1.165) is 12.1 Å². The third-order valence-corrected chi connectivity index (χ3v) is 5.62. The van der Waals surface area contributed by atoms with Crippen LogP contribution in [0.2, 0.25) is 0 Å². The van der Waals surface area contributed by atoms with E-state index in [-0.39, 0.29) is 22.6 Å². The number of esters is 1. The highest BCUT2D eigenvalue weighted by atomic mass is 16.5.